The van der Waals surface area contributed by atoms with Crippen LogP contribution in [0.4, 0.5) is 0 Å². The summed E-state index contributed by atoms with van der Waals surface area (Å²) in [5.74, 6) is 0.861. The van der Waals surface area contributed by atoms with Crippen LogP contribution < -0.4 is 11.1 Å². The summed E-state index contributed by atoms with van der Waals surface area (Å²) in [6, 6.07) is 8.50. The van der Waals surface area contributed by atoms with Crippen LogP contribution in [0.3, 0.4) is 0 Å². The molecule has 140 valence electrons. The third kappa shape index (κ3) is 2.90. The monoisotopic (exact) mass is 372 g/mol. The number of thioether (sulfide) groups is 1. The number of rotatable bonds is 2. The molecule has 1 saturated carbocycles. The maximum Gasteiger partial charge on any atom is 0.234 e. The van der Waals surface area contributed by atoms with Gasteiger partial charge in [-0.05, 0) is 48.6 Å². The number of aliphatic hydroxyl groups is 1. The van der Waals surface area contributed by atoms with Crippen LogP contribution in [0.2, 0.25) is 0 Å². The minimum Gasteiger partial charge on any atom is -0.392 e. The molecule has 1 saturated heterocycles. The minimum absolute atomic E-state index is 0.0302. The molecule has 2 heterocycles. The molecule has 2 aliphatic heterocycles. The number of benzene rings is 1. The zero-order valence-corrected chi connectivity index (χ0v) is 16.4. The van der Waals surface area contributed by atoms with Gasteiger partial charge in [-0.15, -0.1) is 11.8 Å². The zero-order valence-electron chi connectivity index (χ0n) is 15.6. The average Bonchev–Trinajstić information content (AvgIpc) is 3.06. The van der Waals surface area contributed by atoms with Crippen molar-refractivity contribution in [2.75, 3.05) is 0 Å². The van der Waals surface area contributed by atoms with Crippen LogP contribution >= 0.6 is 11.8 Å². The molecule has 0 bridgehead atoms. The first-order chi connectivity index (χ1) is 12.3. The lowest BCUT2D eigenvalue weighted by atomic mass is 9.60. The highest BCUT2D eigenvalue weighted by Crippen LogP contribution is 2.51. The molecule has 0 spiro atoms. The Labute approximate surface area is 159 Å². The molecule has 7 atom stereocenters. The molecule has 5 heteroatoms. The summed E-state index contributed by atoms with van der Waals surface area (Å²) in [6.45, 7) is 6.14. The highest BCUT2D eigenvalue weighted by molar-refractivity contribution is 8.03. The van der Waals surface area contributed by atoms with E-state index >= 15 is 0 Å². The number of allylic oxidation sites excluding steroid dienone is 1. The molecule has 2 fully saturated rings. The van der Waals surface area contributed by atoms with E-state index in [9.17, 15) is 9.90 Å². The predicted octanol–water partition coefficient (Wildman–Crippen LogP) is 2.72. The number of hydrogen-bond acceptors (Lipinski definition) is 4. The zero-order chi connectivity index (χ0) is 18.6. The summed E-state index contributed by atoms with van der Waals surface area (Å²) in [4.78, 5) is 12.5. The molecular weight excluding hydrogens is 344 g/mol. The van der Waals surface area contributed by atoms with Crippen molar-refractivity contribution < 1.29 is 9.90 Å². The molecule has 26 heavy (non-hydrogen) atoms. The van der Waals surface area contributed by atoms with Crippen LogP contribution in [-0.2, 0) is 10.3 Å². The van der Waals surface area contributed by atoms with Crippen molar-refractivity contribution in [3.8, 4) is 0 Å². The van der Waals surface area contributed by atoms with Crippen molar-refractivity contribution in [2.24, 2.45) is 23.5 Å². The highest BCUT2D eigenvalue weighted by atomic mass is 32.2. The molecule has 1 aliphatic carbocycles. The predicted molar refractivity (Wildman–Crippen MR) is 106 cm³/mol. The number of carbonyl (C=O) groups is 1. The lowest BCUT2D eigenvalue weighted by Gasteiger charge is -2.51. The van der Waals surface area contributed by atoms with Gasteiger partial charge in [-0.1, -0.05) is 37.3 Å². The third-order valence-corrected chi connectivity index (χ3v) is 7.53. The summed E-state index contributed by atoms with van der Waals surface area (Å²) >= 11 is 1.60. The van der Waals surface area contributed by atoms with Crippen LogP contribution in [0.5, 0.6) is 0 Å². The van der Waals surface area contributed by atoms with E-state index in [1.807, 2.05) is 13.8 Å². The van der Waals surface area contributed by atoms with E-state index in [4.69, 9.17) is 5.73 Å². The summed E-state index contributed by atoms with van der Waals surface area (Å²) in [7, 11) is 0. The molecule has 1 aromatic rings. The summed E-state index contributed by atoms with van der Waals surface area (Å²) in [5.41, 5.74) is 8.07. The Morgan fingerprint density at radius 1 is 1.27 bits per heavy atom. The second-order valence-electron chi connectivity index (χ2n) is 8.72. The largest absolute Gasteiger partial charge is 0.392 e. The number of fused-ring (bicyclic) bond motifs is 3. The van der Waals surface area contributed by atoms with E-state index < -0.39 is 6.10 Å². The Balaban J connectivity index is 1.72. The smallest absolute Gasteiger partial charge is 0.234 e. The van der Waals surface area contributed by atoms with Gasteiger partial charge in [-0.3, -0.25) is 4.79 Å². The van der Waals surface area contributed by atoms with Gasteiger partial charge < -0.3 is 16.2 Å². The standard InChI is InChI=1S/C21H28N2O2S/c1-11-10-15(24)16(12-4-6-13(7-5-12)21(2,3)22)17-14-8-9-26-19(14)20(25)23-18(11)17/h4-9,11,14-19,24H,10,22H2,1-3H3,(H,23,25). The Morgan fingerprint density at radius 2 is 1.96 bits per heavy atom. The molecule has 1 aromatic carbocycles. The van der Waals surface area contributed by atoms with Gasteiger partial charge in [0.15, 0.2) is 0 Å². The summed E-state index contributed by atoms with van der Waals surface area (Å²) in [6.07, 6.45) is 2.50. The van der Waals surface area contributed by atoms with Crippen molar-refractivity contribution in [1.29, 1.82) is 0 Å². The van der Waals surface area contributed by atoms with Crippen LogP contribution in [-0.4, -0.2) is 28.4 Å². The molecular formula is C21H28N2O2S. The first kappa shape index (κ1) is 18.1. The van der Waals surface area contributed by atoms with Crippen molar-refractivity contribution in [3.05, 3.63) is 46.9 Å². The van der Waals surface area contributed by atoms with Crippen molar-refractivity contribution in [3.63, 3.8) is 0 Å². The van der Waals surface area contributed by atoms with Gasteiger partial charge in [-0.25, -0.2) is 0 Å². The van der Waals surface area contributed by atoms with Crippen molar-refractivity contribution in [1.82, 2.24) is 5.32 Å². The Kier molecular flexibility index (Phi) is 4.45. The number of carbonyl (C=O) groups excluding carboxylic acids is 1. The van der Waals surface area contributed by atoms with Crippen LogP contribution in [0.15, 0.2) is 35.7 Å². The molecule has 3 aliphatic rings. The Bertz CT molecular complexity index is 725. The van der Waals surface area contributed by atoms with Gasteiger partial charge in [-0.2, -0.15) is 0 Å². The molecule has 4 rings (SSSR count). The van der Waals surface area contributed by atoms with E-state index in [2.05, 4.69) is 48.0 Å². The first-order valence-corrected chi connectivity index (χ1v) is 10.4. The highest BCUT2D eigenvalue weighted by Gasteiger charge is 2.53. The van der Waals surface area contributed by atoms with Gasteiger partial charge in [0, 0.05) is 23.4 Å². The normalized spacial score (nSPS) is 39.3. The van der Waals surface area contributed by atoms with E-state index in [-0.39, 0.29) is 46.4 Å². The van der Waals surface area contributed by atoms with Crippen LogP contribution in [0.25, 0.3) is 0 Å². The molecule has 0 aromatic heterocycles. The second kappa shape index (κ2) is 6.39. The molecule has 4 N–H and O–H groups in total. The van der Waals surface area contributed by atoms with E-state index in [1.54, 1.807) is 11.8 Å². The lowest BCUT2D eigenvalue weighted by molar-refractivity contribution is -0.128. The van der Waals surface area contributed by atoms with Crippen molar-refractivity contribution in [2.45, 2.75) is 56.0 Å². The Hall–Kier alpha value is -1.30. The van der Waals surface area contributed by atoms with Crippen LogP contribution in [0.1, 0.15) is 44.2 Å². The average molecular weight is 373 g/mol. The number of aliphatic hydroxyl groups excluding tert-OH is 1. The Morgan fingerprint density at radius 3 is 2.62 bits per heavy atom. The molecule has 0 radical (unpaired) electrons. The van der Waals surface area contributed by atoms with Gasteiger partial charge in [0.05, 0.1) is 11.4 Å². The van der Waals surface area contributed by atoms with Gasteiger partial charge in [0.25, 0.3) is 0 Å². The minimum atomic E-state index is -0.391. The maximum atomic E-state index is 12.5. The topological polar surface area (TPSA) is 75.3 Å². The number of nitrogens with two attached hydrogens (primary N) is 1. The molecule has 4 nitrogen and oxygen atoms in total. The summed E-state index contributed by atoms with van der Waals surface area (Å²) < 4.78 is 0. The van der Waals surface area contributed by atoms with E-state index in [0.717, 1.165) is 11.1 Å². The fourth-order valence-electron chi connectivity index (χ4n) is 5.06. The number of piperidine rings is 1. The quantitative estimate of drug-likeness (QED) is 0.746. The number of nitrogens with one attached hydrogen (secondary N) is 1. The summed E-state index contributed by atoms with van der Waals surface area (Å²) in [5, 5.41) is 16.2. The van der Waals surface area contributed by atoms with Gasteiger partial charge >= 0.3 is 0 Å². The van der Waals surface area contributed by atoms with E-state index in [1.165, 1.54) is 0 Å². The fourth-order valence-corrected chi connectivity index (χ4v) is 6.14. The third-order valence-electron chi connectivity index (χ3n) is 6.40. The SMILES string of the molecule is CC1CC(O)C(c2ccc(C(C)(C)N)cc2)C2C3C=CSC3C(=O)NC12. The number of hydrogen-bond donors (Lipinski definition) is 3. The van der Waals surface area contributed by atoms with Gasteiger partial charge in [0.2, 0.25) is 5.91 Å². The van der Waals surface area contributed by atoms with Gasteiger partial charge in [0.1, 0.15) is 0 Å². The lowest BCUT2D eigenvalue weighted by Crippen LogP contribution is -2.62. The number of amides is 1. The first-order valence-electron chi connectivity index (χ1n) is 9.47. The fraction of sp³-hybridized carbons (Fsp3) is 0.571. The second-order valence-corrected chi connectivity index (χ2v) is 9.78. The molecule has 7 unspecified atom stereocenters. The van der Waals surface area contributed by atoms with Crippen molar-refractivity contribution >= 4 is 17.7 Å². The van der Waals surface area contributed by atoms with E-state index in [0.29, 0.717) is 6.42 Å². The maximum absolute atomic E-state index is 12.5. The van der Waals surface area contributed by atoms with Crippen LogP contribution in [0, 0.1) is 17.8 Å². The molecule has 1 amide bonds.